The van der Waals surface area contributed by atoms with Crippen LogP contribution in [0.2, 0.25) is 5.02 Å². The summed E-state index contributed by atoms with van der Waals surface area (Å²) < 4.78 is 48.4. The molecule has 0 spiro atoms. The molecule has 18 heteroatoms. The Labute approximate surface area is 406 Å². The largest absolute Gasteiger partial charge is 0.489 e. The first kappa shape index (κ1) is 47.5. The summed E-state index contributed by atoms with van der Waals surface area (Å²) in [5.41, 5.74) is 1.94. The third kappa shape index (κ3) is 9.70. The molecule has 3 N–H and O–H groups in total. The fraction of sp³-hybridized carbons (Fsp3) is 0.392. The van der Waals surface area contributed by atoms with Crippen molar-refractivity contribution in [2.24, 2.45) is 23.8 Å². The molecule has 16 nitrogen and oxygen atoms in total. The Kier molecular flexibility index (Phi) is 12.9. The molecule has 2 aliphatic heterocycles. The number of amides is 1. The van der Waals surface area contributed by atoms with Crippen LogP contribution in [0.25, 0.3) is 22.0 Å². The van der Waals surface area contributed by atoms with Crippen LogP contribution in [0, 0.1) is 28.1 Å². The number of rotatable bonds is 15. The van der Waals surface area contributed by atoms with Gasteiger partial charge in [-0.05, 0) is 74.2 Å². The summed E-state index contributed by atoms with van der Waals surface area (Å²) >= 11 is 6.26. The second-order valence-electron chi connectivity index (χ2n) is 19.5. The number of fused-ring (bicyclic) bond motifs is 1. The van der Waals surface area contributed by atoms with Crippen LogP contribution < -0.4 is 34.7 Å². The van der Waals surface area contributed by atoms with Gasteiger partial charge in [-0.2, -0.15) is 5.26 Å². The smallest absolute Gasteiger partial charge is 0.274 e. The zero-order valence-corrected chi connectivity index (χ0v) is 41.0. The second-order valence-corrected chi connectivity index (χ2v) is 21.9. The number of aromatic amines is 1. The van der Waals surface area contributed by atoms with Crippen LogP contribution in [-0.2, 0) is 17.1 Å². The maximum atomic E-state index is 13.5. The normalized spacial score (nSPS) is 19.2. The number of hydrogen-bond acceptors (Lipinski definition) is 12. The highest BCUT2D eigenvalue weighted by Crippen LogP contribution is 2.55. The van der Waals surface area contributed by atoms with Gasteiger partial charge in [0.25, 0.3) is 11.5 Å². The molecule has 0 atom stereocenters. The number of pyridine rings is 1. The lowest BCUT2D eigenvalue weighted by Gasteiger charge is -2.63. The van der Waals surface area contributed by atoms with E-state index in [0.29, 0.717) is 78.7 Å². The van der Waals surface area contributed by atoms with E-state index in [1.54, 1.807) is 75.2 Å². The molecule has 6 aromatic rings. The number of nitrogens with zero attached hydrogens (tertiary/aromatic N) is 6. The minimum Gasteiger partial charge on any atom is -0.489 e. The third-order valence-corrected chi connectivity index (χ3v) is 15.4. The summed E-state index contributed by atoms with van der Waals surface area (Å²) in [7, 11) is -1.87. The highest BCUT2D eigenvalue weighted by Gasteiger charge is 2.64. The number of likely N-dealkylation sites (tertiary alicyclic amines) is 1. The highest BCUT2D eigenvalue weighted by molar-refractivity contribution is 7.92. The van der Waals surface area contributed by atoms with E-state index < -0.39 is 20.9 Å². The molecule has 9 rings (SSSR count). The Morgan fingerprint density at radius 1 is 0.942 bits per heavy atom. The van der Waals surface area contributed by atoms with Crippen LogP contribution in [0.3, 0.4) is 0 Å². The number of ether oxygens (including phenoxy) is 3. The summed E-state index contributed by atoms with van der Waals surface area (Å²) in [6.45, 7) is 14.1. The molecule has 3 aromatic heterocycles. The summed E-state index contributed by atoms with van der Waals surface area (Å²) in [6, 6.07) is 21.3. The number of carbonyl (C=O) groups excluding carboxylic acids is 1. The number of piperidine rings is 1. The number of nitrogens with one attached hydrogen (secondary N) is 3. The Bertz CT molecular complexity index is 3100. The van der Waals surface area contributed by atoms with E-state index in [-0.39, 0.29) is 35.5 Å². The van der Waals surface area contributed by atoms with E-state index in [4.69, 9.17) is 25.8 Å². The van der Waals surface area contributed by atoms with Crippen molar-refractivity contribution in [2.45, 2.75) is 65.7 Å². The van der Waals surface area contributed by atoms with Crippen molar-refractivity contribution in [3.63, 3.8) is 0 Å². The molecule has 1 aliphatic carbocycles. The van der Waals surface area contributed by atoms with Crippen molar-refractivity contribution >= 4 is 50.1 Å². The van der Waals surface area contributed by atoms with Gasteiger partial charge in [-0.3, -0.25) is 19.2 Å². The van der Waals surface area contributed by atoms with Gasteiger partial charge in [0.1, 0.15) is 46.8 Å². The zero-order chi connectivity index (χ0) is 48.8. The first-order chi connectivity index (χ1) is 32.9. The SMILES string of the molecule is CCS(=O)(=O)Nc1ccc(Oc2cccc(OC3CN(CC4CCN(c5ncc(C(=O)NC6C(C)(C)C(Oc7ccc(C#N)c(Cl)c7)C6(C)C)cn5)CC4)C3)c2)c(-c2cn(C)c(=O)c3[nH]ccc23)c1. The van der Waals surface area contributed by atoms with Gasteiger partial charge >= 0.3 is 0 Å². The van der Waals surface area contributed by atoms with Gasteiger partial charge in [-0.15, -0.1) is 0 Å². The molecule has 1 saturated carbocycles. The van der Waals surface area contributed by atoms with Crippen molar-refractivity contribution in [1.29, 1.82) is 5.26 Å². The first-order valence-electron chi connectivity index (χ1n) is 23.1. The van der Waals surface area contributed by atoms with Gasteiger partial charge in [0.15, 0.2) is 0 Å². The van der Waals surface area contributed by atoms with E-state index in [1.807, 2.05) is 30.3 Å². The summed E-state index contributed by atoms with van der Waals surface area (Å²) in [6.07, 6.45) is 8.45. The van der Waals surface area contributed by atoms with Gasteiger partial charge in [-0.25, -0.2) is 18.4 Å². The molecule has 69 heavy (non-hydrogen) atoms. The molecule has 3 aliphatic rings. The van der Waals surface area contributed by atoms with Gasteiger partial charge in [-0.1, -0.05) is 45.4 Å². The number of H-pyrrole nitrogens is 1. The number of aryl methyl sites for hydroxylation is 1. The molecule has 3 fully saturated rings. The molecule has 1 amide bonds. The number of benzene rings is 3. The maximum absolute atomic E-state index is 13.5. The van der Waals surface area contributed by atoms with E-state index >= 15 is 0 Å². The van der Waals surface area contributed by atoms with Gasteiger partial charge in [0.2, 0.25) is 16.0 Å². The summed E-state index contributed by atoms with van der Waals surface area (Å²) in [4.78, 5) is 43.2. The Morgan fingerprint density at radius 2 is 1.65 bits per heavy atom. The Hall–Kier alpha value is -6.61. The van der Waals surface area contributed by atoms with Crippen molar-refractivity contribution in [3.8, 4) is 40.2 Å². The average molecular weight is 975 g/mol. The summed E-state index contributed by atoms with van der Waals surface area (Å²) in [5.74, 6) is 3.11. The number of carbonyl (C=O) groups is 1. The summed E-state index contributed by atoms with van der Waals surface area (Å²) in [5, 5.41) is 13.5. The number of halogens is 1. The van der Waals surface area contributed by atoms with E-state index in [9.17, 15) is 23.3 Å². The minimum absolute atomic E-state index is 0.0306. The first-order valence-corrected chi connectivity index (χ1v) is 25.2. The monoisotopic (exact) mass is 973 g/mol. The van der Waals surface area contributed by atoms with Gasteiger partial charge in [0, 0.05) is 116 Å². The lowest BCUT2D eigenvalue weighted by atomic mass is 9.49. The van der Waals surface area contributed by atoms with Crippen LogP contribution in [0.1, 0.15) is 63.4 Å². The second kappa shape index (κ2) is 18.7. The lowest BCUT2D eigenvalue weighted by Crippen LogP contribution is -2.74. The van der Waals surface area contributed by atoms with E-state index in [0.717, 1.165) is 45.6 Å². The number of aromatic nitrogens is 4. The molecular formula is C51H56ClN9O7S. The zero-order valence-electron chi connectivity index (χ0n) is 39.5. The molecule has 0 bridgehead atoms. The maximum Gasteiger partial charge on any atom is 0.274 e. The Morgan fingerprint density at radius 3 is 2.35 bits per heavy atom. The van der Waals surface area contributed by atoms with E-state index in [1.165, 1.54) is 4.57 Å². The molecule has 2 saturated heterocycles. The van der Waals surface area contributed by atoms with Gasteiger partial charge in [0.05, 0.1) is 21.9 Å². The fourth-order valence-corrected chi connectivity index (χ4v) is 11.2. The molecule has 0 unspecified atom stereocenters. The molecule has 3 aromatic carbocycles. The third-order valence-electron chi connectivity index (χ3n) is 13.8. The predicted molar refractivity (Wildman–Crippen MR) is 266 cm³/mol. The predicted octanol–water partition coefficient (Wildman–Crippen LogP) is 7.99. The van der Waals surface area contributed by atoms with Crippen LogP contribution in [0.15, 0.2) is 96.3 Å². The quantitative estimate of drug-likeness (QED) is 0.0899. The molecular weight excluding hydrogens is 918 g/mol. The number of anilines is 2. The average Bonchev–Trinajstić information content (AvgIpc) is 3.82. The number of sulfonamides is 1. The highest BCUT2D eigenvalue weighted by atomic mass is 35.5. The van der Waals surface area contributed by atoms with Crippen LogP contribution in [0.4, 0.5) is 11.6 Å². The standard InChI is InChI=1S/C51H56ClN9O7S/c1-7-69(64,65)58-34-12-14-43(40(21-34)41-30-59(6)46(63)44-39(41)15-18-54-44)67-36-10-8-9-35(22-36)66-38-28-60(29-38)27-31-16-19-61(20-17-31)49-55-25-33(26-56-49)45(62)57-47-50(2,3)48(51(47,4)5)68-37-13-11-32(24-53)42(52)23-37/h8-15,18,21-23,25-26,30-31,38,47-48,54,58H,7,16-17,19-20,27-29H2,1-6H3,(H,57,62). The lowest BCUT2D eigenvalue weighted by molar-refractivity contribution is -0.164. The van der Waals surface area contributed by atoms with Crippen LogP contribution in [0.5, 0.6) is 23.0 Å². The molecule has 360 valence electrons. The molecule has 5 heterocycles. The Balaban J connectivity index is 0.751. The van der Waals surface area contributed by atoms with Crippen molar-refractivity contribution in [1.82, 2.24) is 29.7 Å². The number of nitriles is 1. The van der Waals surface area contributed by atoms with Crippen molar-refractivity contribution in [2.75, 3.05) is 48.1 Å². The van der Waals surface area contributed by atoms with Crippen LogP contribution >= 0.6 is 11.6 Å². The van der Waals surface area contributed by atoms with E-state index in [2.05, 4.69) is 68.6 Å². The number of hydrogen-bond donors (Lipinski definition) is 3. The topological polar surface area (TPSA) is 197 Å². The van der Waals surface area contributed by atoms with Crippen molar-refractivity contribution in [3.05, 3.63) is 118 Å². The van der Waals surface area contributed by atoms with Crippen LogP contribution in [-0.4, -0.2) is 95.5 Å². The van der Waals surface area contributed by atoms with Gasteiger partial charge < -0.3 is 34.0 Å². The van der Waals surface area contributed by atoms with Crippen molar-refractivity contribution < 1.29 is 27.4 Å². The minimum atomic E-state index is -3.55. The fourth-order valence-electron chi connectivity index (χ4n) is 10.4. The molecule has 0 radical (unpaired) electrons.